The number of amides is 1. The molecule has 3 rings (SSSR count). The molecule has 0 aliphatic carbocycles. The van der Waals surface area contributed by atoms with Crippen molar-refractivity contribution in [1.82, 2.24) is 0 Å². The summed E-state index contributed by atoms with van der Waals surface area (Å²) in [7, 11) is 3.15. The van der Waals surface area contributed by atoms with E-state index in [-0.39, 0.29) is 5.91 Å². The van der Waals surface area contributed by atoms with Gasteiger partial charge in [-0.1, -0.05) is 15.9 Å². The first kappa shape index (κ1) is 18.5. The van der Waals surface area contributed by atoms with E-state index >= 15 is 0 Å². The molecule has 1 aliphatic rings. The SMILES string of the molecule is COc1ccc(N2CCOCC2)c(NC(=O)c2cc(Br)ccc2OC)c1. The highest BCUT2D eigenvalue weighted by molar-refractivity contribution is 9.10. The van der Waals surface area contributed by atoms with E-state index in [1.54, 1.807) is 26.4 Å². The Labute approximate surface area is 161 Å². The van der Waals surface area contributed by atoms with Crippen LogP contribution in [-0.4, -0.2) is 46.4 Å². The summed E-state index contributed by atoms with van der Waals surface area (Å²) in [6.45, 7) is 2.88. The third-order valence-electron chi connectivity index (χ3n) is 4.21. The molecule has 0 spiro atoms. The van der Waals surface area contributed by atoms with Crippen molar-refractivity contribution < 1.29 is 19.0 Å². The van der Waals surface area contributed by atoms with E-state index in [9.17, 15) is 4.79 Å². The van der Waals surface area contributed by atoms with Gasteiger partial charge in [0.15, 0.2) is 0 Å². The number of carbonyl (C=O) groups is 1. The Kier molecular flexibility index (Phi) is 6.00. The summed E-state index contributed by atoms with van der Waals surface area (Å²) in [6, 6.07) is 11.0. The fraction of sp³-hybridized carbons (Fsp3) is 0.316. The fourth-order valence-corrected chi connectivity index (χ4v) is 3.23. The van der Waals surface area contributed by atoms with Gasteiger partial charge in [-0.05, 0) is 30.3 Å². The second-order valence-electron chi connectivity index (χ2n) is 5.78. The van der Waals surface area contributed by atoms with Crippen molar-refractivity contribution in [3.8, 4) is 11.5 Å². The zero-order chi connectivity index (χ0) is 18.5. The first-order chi connectivity index (χ1) is 12.6. The summed E-state index contributed by atoms with van der Waals surface area (Å²) in [4.78, 5) is 15.1. The van der Waals surface area contributed by atoms with Gasteiger partial charge >= 0.3 is 0 Å². The van der Waals surface area contributed by atoms with Crippen molar-refractivity contribution in [3.05, 3.63) is 46.4 Å². The standard InChI is InChI=1S/C19H21BrN2O4/c1-24-14-4-5-17(22-7-9-26-10-8-22)16(12-14)21-19(23)15-11-13(20)3-6-18(15)25-2/h3-6,11-12H,7-10H2,1-2H3,(H,21,23). The van der Waals surface area contributed by atoms with Gasteiger partial charge in [-0.15, -0.1) is 0 Å². The molecule has 0 unspecified atom stereocenters. The topological polar surface area (TPSA) is 60.0 Å². The lowest BCUT2D eigenvalue weighted by Gasteiger charge is -2.30. The number of ether oxygens (including phenoxy) is 3. The zero-order valence-electron chi connectivity index (χ0n) is 14.8. The molecule has 0 saturated carbocycles. The summed E-state index contributed by atoms with van der Waals surface area (Å²) in [5.41, 5.74) is 2.09. The van der Waals surface area contributed by atoms with Crippen molar-refractivity contribution in [2.24, 2.45) is 0 Å². The summed E-state index contributed by atoms with van der Waals surface area (Å²) in [5, 5.41) is 3.00. The molecule has 6 nitrogen and oxygen atoms in total. The smallest absolute Gasteiger partial charge is 0.259 e. The number of nitrogens with zero attached hydrogens (tertiary/aromatic N) is 1. The number of methoxy groups -OCH3 is 2. The largest absolute Gasteiger partial charge is 0.497 e. The average molecular weight is 421 g/mol. The van der Waals surface area contributed by atoms with Gasteiger partial charge in [0.25, 0.3) is 5.91 Å². The maximum absolute atomic E-state index is 12.9. The summed E-state index contributed by atoms with van der Waals surface area (Å²) >= 11 is 3.40. The Morgan fingerprint density at radius 3 is 2.58 bits per heavy atom. The molecule has 1 heterocycles. The Morgan fingerprint density at radius 2 is 1.88 bits per heavy atom. The third-order valence-corrected chi connectivity index (χ3v) is 4.70. The minimum Gasteiger partial charge on any atom is -0.497 e. The minimum atomic E-state index is -0.245. The Balaban J connectivity index is 1.92. The van der Waals surface area contributed by atoms with Crippen molar-refractivity contribution in [2.75, 3.05) is 50.7 Å². The number of nitrogens with one attached hydrogen (secondary N) is 1. The van der Waals surface area contributed by atoms with Crippen LogP contribution < -0.4 is 19.7 Å². The quantitative estimate of drug-likeness (QED) is 0.800. The van der Waals surface area contributed by atoms with Crippen LogP contribution >= 0.6 is 15.9 Å². The van der Waals surface area contributed by atoms with Gasteiger partial charge in [0.05, 0.1) is 44.4 Å². The number of benzene rings is 2. The Morgan fingerprint density at radius 1 is 1.12 bits per heavy atom. The predicted molar refractivity (Wildman–Crippen MR) is 105 cm³/mol. The summed E-state index contributed by atoms with van der Waals surface area (Å²) in [6.07, 6.45) is 0. The molecule has 1 saturated heterocycles. The maximum Gasteiger partial charge on any atom is 0.259 e. The molecule has 1 N–H and O–H groups in total. The second kappa shape index (κ2) is 8.42. The number of carbonyl (C=O) groups excluding carboxylic acids is 1. The molecule has 1 fully saturated rings. The van der Waals surface area contributed by atoms with Crippen LogP contribution in [0, 0.1) is 0 Å². The third kappa shape index (κ3) is 4.11. The minimum absolute atomic E-state index is 0.245. The maximum atomic E-state index is 12.9. The molecule has 0 radical (unpaired) electrons. The van der Waals surface area contributed by atoms with Crippen molar-refractivity contribution in [3.63, 3.8) is 0 Å². The van der Waals surface area contributed by atoms with Gasteiger partial charge in [0, 0.05) is 23.6 Å². The lowest BCUT2D eigenvalue weighted by molar-refractivity contribution is 0.102. The van der Waals surface area contributed by atoms with Gasteiger partial charge in [0.2, 0.25) is 0 Å². The molecular weight excluding hydrogens is 400 g/mol. The van der Waals surface area contributed by atoms with E-state index in [4.69, 9.17) is 14.2 Å². The highest BCUT2D eigenvalue weighted by Crippen LogP contribution is 2.32. The van der Waals surface area contributed by atoms with Crippen LogP contribution in [0.25, 0.3) is 0 Å². The molecule has 1 amide bonds. The van der Waals surface area contributed by atoms with E-state index in [0.717, 1.165) is 23.2 Å². The van der Waals surface area contributed by atoms with Gasteiger partial charge in [-0.3, -0.25) is 4.79 Å². The molecule has 26 heavy (non-hydrogen) atoms. The number of hydrogen-bond acceptors (Lipinski definition) is 5. The normalized spacial score (nSPS) is 14.0. The summed E-state index contributed by atoms with van der Waals surface area (Å²) in [5.74, 6) is 0.950. The number of anilines is 2. The van der Waals surface area contributed by atoms with Crippen LogP contribution in [0.15, 0.2) is 40.9 Å². The predicted octanol–water partition coefficient (Wildman–Crippen LogP) is 3.56. The molecule has 2 aromatic rings. The zero-order valence-corrected chi connectivity index (χ0v) is 16.3. The molecule has 0 atom stereocenters. The molecule has 0 aromatic heterocycles. The van der Waals surface area contributed by atoms with Crippen LogP contribution in [0.4, 0.5) is 11.4 Å². The Bertz CT molecular complexity index is 791. The highest BCUT2D eigenvalue weighted by Gasteiger charge is 2.19. The first-order valence-corrected chi connectivity index (χ1v) is 9.07. The van der Waals surface area contributed by atoms with Gasteiger partial charge < -0.3 is 24.4 Å². The fourth-order valence-electron chi connectivity index (χ4n) is 2.87. The van der Waals surface area contributed by atoms with E-state index < -0.39 is 0 Å². The van der Waals surface area contributed by atoms with E-state index in [0.29, 0.717) is 36.0 Å². The van der Waals surface area contributed by atoms with Crippen LogP contribution in [0.3, 0.4) is 0 Å². The average Bonchev–Trinajstić information content (AvgIpc) is 2.68. The molecule has 7 heteroatoms. The van der Waals surface area contributed by atoms with E-state index in [1.165, 1.54) is 0 Å². The van der Waals surface area contributed by atoms with Crippen molar-refractivity contribution >= 4 is 33.2 Å². The van der Waals surface area contributed by atoms with Crippen LogP contribution in [0.5, 0.6) is 11.5 Å². The van der Waals surface area contributed by atoms with E-state index in [1.807, 2.05) is 24.3 Å². The van der Waals surface area contributed by atoms with Gasteiger partial charge in [0.1, 0.15) is 11.5 Å². The number of rotatable bonds is 5. The second-order valence-corrected chi connectivity index (χ2v) is 6.70. The number of halogens is 1. The van der Waals surface area contributed by atoms with Gasteiger partial charge in [-0.25, -0.2) is 0 Å². The van der Waals surface area contributed by atoms with Gasteiger partial charge in [-0.2, -0.15) is 0 Å². The van der Waals surface area contributed by atoms with Crippen LogP contribution in [0.1, 0.15) is 10.4 Å². The molecule has 2 aromatic carbocycles. The van der Waals surface area contributed by atoms with Crippen LogP contribution in [0.2, 0.25) is 0 Å². The van der Waals surface area contributed by atoms with Crippen LogP contribution in [-0.2, 0) is 4.74 Å². The van der Waals surface area contributed by atoms with E-state index in [2.05, 4.69) is 26.1 Å². The highest BCUT2D eigenvalue weighted by atomic mass is 79.9. The van der Waals surface area contributed by atoms with Crippen molar-refractivity contribution in [2.45, 2.75) is 0 Å². The molecular formula is C19H21BrN2O4. The molecule has 0 bridgehead atoms. The Hall–Kier alpha value is -2.25. The molecule has 1 aliphatic heterocycles. The lowest BCUT2D eigenvalue weighted by Crippen LogP contribution is -2.36. The lowest BCUT2D eigenvalue weighted by atomic mass is 10.1. The monoisotopic (exact) mass is 420 g/mol. The van der Waals surface area contributed by atoms with Crippen molar-refractivity contribution in [1.29, 1.82) is 0 Å². The number of hydrogen-bond donors (Lipinski definition) is 1. The summed E-state index contributed by atoms with van der Waals surface area (Å²) < 4.78 is 16.9. The first-order valence-electron chi connectivity index (χ1n) is 8.28. The number of morpholine rings is 1. The molecule has 138 valence electrons.